The molecule has 2 atom stereocenters. The molecule has 3 heterocycles. The van der Waals surface area contributed by atoms with E-state index in [-0.39, 0.29) is 29.8 Å². The molecule has 2 aromatic heterocycles. The van der Waals surface area contributed by atoms with Crippen molar-refractivity contribution in [2.45, 2.75) is 58.3 Å². The molecule has 1 aliphatic heterocycles. The fraction of sp³-hybridized carbons (Fsp3) is 0.391. The van der Waals surface area contributed by atoms with Gasteiger partial charge in [0.2, 0.25) is 0 Å². The van der Waals surface area contributed by atoms with E-state index in [1.165, 1.54) is 6.33 Å². The van der Waals surface area contributed by atoms with Crippen molar-refractivity contribution in [3.63, 3.8) is 0 Å². The topological polar surface area (TPSA) is 118 Å². The molecule has 32 heavy (non-hydrogen) atoms. The van der Waals surface area contributed by atoms with E-state index in [0.29, 0.717) is 6.54 Å². The molecule has 3 aromatic rings. The molecule has 0 radical (unpaired) electrons. The Balaban J connectivity index is 1.61. The highest BCUT2D eigenvalue weighted by atomic mass is 16.6. The van der Waals surface area contributed by atoms with Crippen LogP contribution in [0.4, 0.5) is 0 Å². The lowest BCUT2D eigenvalue weighted by Crippen LogP contribution is -2.47. The molecule has 3 N–H and O–H groups in total. The quantitative estimate of drug-likeness (QED) is 0.529. The number of nitrogens with zero attached hydrogens (tertiary/aromatic N) is 2. The standard InChI is InChI=1S/C23H27N5O4/c1-13-11-28-12-25-18(19(28)21(30)26-13)20(29)27-17(22(31)32-23(2,3)4)9-14-10-24-16-8-6-5-7-15(14)16/h5-8,10,12-13,17,24H,9,11H2,1-4H3,(H,26,30)(H,27,29)/t13-,17-/m0/s1. The van der Waals surface area contributed by atoms with Crippen molar-refractivity contribution in [3.8, 4) is 0 Å². The summed E-state index contributed by atoms with van der Waals surface area (Å²) >= 11 is 0. The molecule has 1 aliphatic rings. The molecule has 9 heteroatoms. The summed E-state index contributed by atoms with van der Waals surface area (Å²) in [5.74, 6) is -1.52. The van der Waals surface area contributed by atoms with Gasteiger partial charge in [-0.25, -0.2) is 9.78 Å². The van der Waals surface area contributed by atoms with E-state index in [0.717, 1.165) is 16.5 Å². The number of ether oxygens (including phenoxy) is 1. The zero-order valence-corrected chi connectivity index (χ0v) is 18.6. The van der Waals surface area contributed by atoms with Gasteiger partial charge in [-0.05, 0) is 39.3 Å². The normalized spacial score (nSPS) is 16.9. The van der Waals surface area contributed by atoms with Gasteiger partial charge in [-0.3, -0.25) is 9.59 Å². The van der Waals surface area contributed by atoms with Crippen LogP contribution >= 0.6 is 0 Å². The molecular formula is C23H27N5O4. The first-order valence-electron chi connectivity index (χ1n) is 10.6. The van der Waals surface area contributed by atoms with Gasteiger partial charge in [0.05, 0.1) is 6.33 Å². The lowest BCUT2D eigenvalue weighted by atomic mass is 10.0. The summed E-state index contributed by atoms with van der Waals surface area (Å²) in [6.07, 6.45) is 3.52. The molecule has 0 bridgehead atoms. The molecule has 2 amide bonds. The molecule has 0 fully saturated rings. The largest absolute Gasteiger partial charge is 0.458 e. The SMILES string of the molecule is C[C@H]1Cn2cnc(C(=O)N[C@@H](Cc3c[nH]c4ccccc34)C(=O)OC(C)(C)C)c2C(=O)N1. The zero-order valence-electron chi connectivity index (χ0n) is 18.6. The number of aromatic nitrogens is 3. The minimum absolute atomic E-state index is 0.0121. The number of carbonyl (C=O) groups is 3. The zero-order chi connectivity index (χ0) is 23.0. The van der Waals surface area contributed by atoms with Crippen LogP contribution in [0, 0.1) is 0 Å². The van der Waals surface area contributed by atoms with Gasteiger partial charge in [0, 0.05) is 36.1 Å². The Hall–Kier alpha value is -3.62. The third-order valence-corrected chi connectivity index (χ3v) is 5.21. The van der Waals surface area contributed by atoms with E-state index in [4.69, 9.17) is 4.74 Å². The van der Waals surface area contributed by atoms with Gasteiger partial charge < -0.3 is 24.9 Å². The Morgan fingerprint density at radius 1 is 1.31 bits per heavy atom. The van der Waals surface area contributed by atoms with Gasteiger partial charge in [-0.2, -0.15) is 0 Å². The first-order valence-corrected chi connectivity index (χ1v) is 10.6. The monoisotopic (exact) mass is 437 g/mol. The summed E-state index contributed by atoms with van der Waals surface area (Å²) < 4.78 is 7.21. The molecule has 168 valence electrons. The van der Waals surface area contributed by atoms with Crippen molar-refractivity contribution < 1.29 is 19.1 Å². The number of H-pyrrole nitrogens is 1. The number of rotatable bonds is 5. The van der Waals surface area contributed by atoms with E-state index in [9.17, 15) is 14.4 Å². The number of hydrogen-bond acceptors (Lipinski definition) is 5. The van der Waals surface area contributed by atoms with Crippen molar-refractivity contribution in [1.82, 2.24) is 25.2 Å². The van der Waals surface area contributed by atoms with Crippen molar-refractivity contribution in [1.29, 1.82) is 0 Å². The number of nitrogens with one attached hydrogen (secondary N) is 3. The summed E-state index contributed by atoms with van der Waals surface area (Å²) in [4.78, 5) is 45.8. The van der Waals surface area contributed by atoms with Crippen LogP contribution in [0.1, 0.15) is 54.2 Å². The van der Waals surface area contributed by atoms with Crippen LogP contribution in [0.2, 0.25) is 0 Å². The van der Waals surface area contributed by atoms with Crippen molar-refractivity contribution in [2.24, 2.45) is 0 Å². The summed E-state index contributed by atoms with van der Waals surface area (Å²) in [5, 5.41) is 6.51. The second-order valence-corrected chi connectivity index (χ2v) is 9.09. The van der Waals surface area contributed by atoms with Crippen molar-refractivity contribution in [2.75, 3.05) is 0 Å². The molecule has 0 saturated carbocycles. The molecule has 0 unspecified atom stereocenters. The van der Waals surface area contributed by atoms with Gasteiger partial charge in [0.25, 0.3) is 11.8 Å². The van der Waals surface area contributed by atoms with E-state index < -0.39 is 23.5 Å². The average molecular weight is 438 g/mol. The lowest BCUT2D eigenvalue weighted by Gasteiger charge is -2.25. The number of carbonyl (C=O) groups excluding carboxylic acids is 3. The van der Waals surface area contributed by atoms with Crippen LogP contribution in [0.5, 0.6) is 0 Å². The van der Waals surface area contributed by atoms with Crippen LogP contribution in [0.25, 0.3) is 10.9 Å². The first kappa shape index (κ1) is 21.6. The second kappa shape index (κ2) is 8.14. The van der Waals surface area contributed by atoms with Crippen LogP contribution < -0.4 is 10.6 Å². The predicted octanol–water partition coefficient (Wildman–Crippen LogP) is 2.18. The van der Waals surface area contributed by atoms with E-state index in [1.54, 1.807) is 25.3 Å². The minimum atomic E-state index is -0.955. The lowest BCUT2D eigenvalue weighted by molar-refractivity contribution is -0.157. The van der Waals surface area contributed by atoms with Crippen LogP contribution in [0.3, 0.4) is 0 Å². The van der Waals surface area contributed by atoms with Crippen molar-refractivity contribution in [3.05, 3.63) is 53.7 Å². The molecule has 0 spiro atoms. The molecule has 9 nitrogen and oxygen atoms in total. The van der Waals surface area contributed by atoms with E-state index in [2.05, 4.69) is 20.6 Å². The number of fused-ring (bicyclic) bond motifs is 2. The Bertz CT molecular complexity index is 1190. The number of hydrogen-bond donors (Lipinski definition) is 3. The number of amides is 2. The fourth-order valence-electron chi connectivity index (χ4n) is 3.87. The molecular weight excluding hydrogens is 410 g/mol. The number of para-hydroxylation sites is 1. The van der Waals surface area contributed by atoms with Gasteiger partial charge in [0.15, 0.2) is 5.69 Å². The first-order chi connectivity index (χ1) is 15.1. The third-order valence-electron chi connectivity index (χ3n) is 5.21. The predicted molar refractivity (Wildman–Crippen MR) is 118 cm³/mol. The smallest absolute Gasteiger partial charge is 0.329 e. The fourth-order valence-corrected chi connectivity index (χ4v) is 3.87. The van der Waals surface area contributed by atoms with E-state index in [1.807, 2.05) is 37.4 Å². The van der Waals surface area contributed by atoms with Crippen LogP contribution in [-0.2, 0) is 22.5 Å². The number of esters is 1. The second-order valence-electron chi connectivity index (χ2n) is 9.09. The van der Waals surface area contributed by atoms with Crippen LogP contribution in [0.15, 0.2) is 36.8 Å². The Kier molecular flexibility index (Phi) is 5.50. The minimum Gasteiger partial charge on any atom is -0.458 e. The highest BCUT2D eigenvalue weighted by Crippen LogP contribution is 2.21. The maximum Gasteiger partial charge on any atom is 0.329 e. The number of aromatic amines is 1. The average Bonchev–Trinajstić information content (AvgIpc) is 3.30. The third kappa shape index (κ3) is 4.37. The summed E-state index contributed by atoms with van der Waals surface area (Å²) in [6.45, 7) is 7.71. The molecule has 0 aliphatic carbocycles. The number of imidazole rings is 1. The van der Waals surface area contributed by atoms with Crippen LogP contribution in [-0.4, -0.2) is 50.0 Å². The molecule has 0 saturated heterocycles. The van der Waals surface area contributed by atoms with E-state index >= 15 is 0 Å². The highest BCUT2D eigenvalue weighted by Gasteiger charge is 2.33. The summed E-state index contributed by atoms with van der Waals surface area (Å²) in [7, 11) is 0. The van der Waals surface area contributed by atoms with Crippen molar-refractivity contribution >= 4 is 28.7 Å². The highest BCUT2D eigenvalue weighted by molar-refractivity contribution is 6.06. The Labute approximate surface area is 185 Å². The Morgan fingerprint density at radius 2 is 2.06 bits per heavy atom. The number of benzene rings is 1. The van der Waals surface area contributed by atoms with Gasteiger partial charge in [-0.15, -0.1) is 0 Å². The summed E-state index contributed by atoms with van der Waals surface area (Å²) in [5.41, 5.74) is 1.27. The van der Waals surface area contributed by atoms with Gasteiger partial charge in [0.1, 0.15) is 17.3 Å². The maximum absolute atomic E-state index is 13.1. The summed E-state index contributed by atoms with van der Waals surface area (Å²) in [6, 6.07) is 6.71. The van der Waals surface area contributed by atoms with Gasteiger partial charge >= 0.3 is 5.97 Å². The Morgan fingerprint density at radius 3 is 2.81 bits per heavy atom. The van der Waals surface area contributed by atoms with Gasteiger partial charge in [-0.1, -0.05) is 18.2 Å². The molecule has 1 aromatic carbocycles. The maximum atomic E-state index is 13.1. The molecule has 4 rings (SSSR count).